The fourth-order valence-corrected chi connectivity index (χ4v) is 2.12. The Morgan fingerprint density at radius 2 is 2.47 bits per heavy atom. The summed E-state index contributed by atoms with van der Waals surface area (Å²) in [6.45, 7) is 3.74. The van der Waals surface area contributed by atoms with Gasteiger partial charge in [0.25, 0.3) is 0 Å². The number of nitrogens with zero attached hydrogens (tertiary/aromatic N) is 1. The SMILES string of the molecule is Cc1cccnc1CC1(O)CCCNC1. The van der Waals surface area contributed by atoms with Crippen LogP contribution in [0.15, 0.2) is 18.3 Å². The number of hydrogen-bond acceptors (Lipinski definition) is 3. The van der Waals surface area contributed by atoms with Gasteiger partial charge in [-0.05, 0) is 37.9 Å². The maximum absolute atomic E-state index is 10.3. The highest BCUT2D eigenvalue weighted by molar-refractivity contribution is 5.19. The van der Waals surface area contributed by atoms with Gasteiger partial charge < -0.3 is 10.4 Å². The highest BCUT2D eigenvalue weighted by atomic mass is 16.3. The van der Waals surface area contributed by atoms with Crippen LogP contribution in [-0.4, -0.2) is 28.8 Å². The Bertz CT molecular complexity index is 332. The molecule has 1 unspecified atom stereocenters. The summed E-state index contributed by atoms with van der Waals surface area (Å²) in [7, 11) is 0. The highest BCUT2D eigenvalue weighted by Gasteiger charge is 2.30. The summed E-state index contributed by atoms with van der Waals surface area (Å²) in [5, 5.41) is 13.6. The summed E-state index contributed by atoms with van der Waals surface area (Å²) in [6, 6.07) is 3.98. The second-order valence-corrected chi connectivity index (χ2v) is 4.45. The van der Waals surface area contributed by atoms with Gasteiger partial charge in [-0.15, -0.1) is 0 Å². The average molecular weight is 206 g/mol. The first-order chi connectivity index (χ1) is 7.20. The number of aryl methyl sites for hydroxylation is 1. The van der Waals surface area contributed by atoms with Crippen LogP contribution in [0.4, 0.5) is 0 Å². The molecule has 2 heterocycles. The second kappa shape index (κ2) is 4.29. The topological polar surface area (TPSA) is 45.2 Å². The van der Waals surface area contributed by atoms with Gasteiger partial charge in [-0.25, -0.2) is 0 Å². The molecule has 1 aromatic rings. The van der Waals surface area contributed by atoms with E-state index in [4.69, 9.17) is 0 Å². The molecule has 0 aromatic carbocycles. The van der Waals surface area contributed by atoms with E-state index in [0.717, 1.165) is 30.6 Å². The van der Waals surface area contributed by atoms with Gasteiger partial charge in [0.1, 0.15) is 0 Å². The fourth-order valence-electron chi connectivity index (χ4n) is 2.12. The van der Waals surface area contributed by atoms with Crippen molar-refractivity contribution in [1.29, 1.82) is 0 Å². The van der Waals surface area contributed by atoms with Gasteiger partial charge in [-0.1, -0.05) is 6.07 Å². The van der Waals surface area contributed by atoms with Crippen molar-refractivity contribution in [3.05, 3.63) is 29.6 Å². The van der Waals surface area contributed by atoms with Gasteiger partial charge in [0.05, 0.1) is 5.60 Å². The third-order valence-corrected chi connectivity index (χ3v) is 3.06. The summed E-state index contributed by atoms with van der Waals surface area (Å²) in [4.78, 5) is 4.33. The maximum Gasteiger partial charge on any atom is 0.0827 e. The van der Waals surface area contributed by atoms with Gasteiger partial charge in [0.15, 0.2) is 0 Å². The van der Waals surface area contributed by atoms with Gasteiger partial charge in [0, 0.05) is 24.9 Å². The Hall–Kier alpha value is -0.930. The van der Waals surface area contributed by atoms with Crippen LogP contribution in [0.3, 0.4) is 0 Å². The molecule has 15 heavy (non-hydrogen) atoms. The second-order valence-electron chi connectivity index (χ2n) is 4.45. The fraction of sp³-hybridized carbons (Fsp3) is 0.583. The van der Waals surface area contributed by atoms with Crippen LogP contribution in [0.1, 0.15) is 24.1 Å². The predicted molar refractivity (Wildman–Crippen MR) is 59.7 cm³/mol. The third-order valence-electron chi connectivity index (χ3n) is 3.06. The van der Waals surface area contributed by atoms with Gasteiger partial charge in [-0.3, -0.25) is 4.98 Å². The Morgan fingerprint density at radius 1 is 1.60 bits per heavy atom. The molecule has 0 aliphatic carbocycles. The van der Waals surface area contributed by atoms with E-state index in [0.29, 0.717) is 13.0 Å². The van der Waals surface area contributed by atoms with Crippen LogP contribution in [0, 0.1) is 6.92 Å². The molecule has 82 valence electrons. The molecular formula is C12H18N2O. The summed E-state index contributed by atoms with van der Waals surface area (Å²) in [6.07, 6.45) is 4.37. The zero-order valence-corrected chi connectivity index (χ0v) is 9.16. The summed E-state index contributed by atoms with van der Waals surface area (Å²) >= 11 is 0. The minimum Gasteiger partial charge on any atom is -0.388 e. The molecule has 1 aromatic heterocycles. The Labute approximate surface area is 90.5 Å². The molecule has 3 heteroatoms. The standard InChI is InChI=1S/C12H18N2O/c1-10-4-2-7-14-11(10)8-12(15)5-3-6-13-9-12/h2,4,7,13,15H,3,5-6,8-9H2,1H3. The number of piperidine rings is 1. The van der Waals surface area contributed by atoms with Crippen LogP contribution in [0.5, 0.6) is 0 Å². The number of aliphatic hydroxyl groups is 1. The monoisotopic (exact) mass is 206 g/mol. The molecule has 0 radical (unpaired) electrons. The zero-order chi connectivity index (χ0) is 10.7. The first kappa shape index (κ1) is 10.6. The van der Waals surface area contributed by atoms with Crippen molar-refractivity contribution in [3.63, 3.8) is 0 Å². The molecule has 2 N–H and O–H groups in total. The normalized spacial score (nSPS) is 26.5. The van der Waals surface area contributed by atoms with E-state index in [1.54, 1.807) is 6.20 Å². The highest BCUT2D eigenvalue weighted by Crippen LogP contribution is 2.21. The Balaban J connectivity index is 2.10. The van der Waals surface area contributed by atoms with Gasteiger partial charge >= 0.3 is 0 Å². The molecule has 3 nitrogen and oxygen atoms in total. The molecule has 1 aliphatic rings. The van der Waals surface area contributed by atoms with Crippen molar-refractivity contribution in [3.8, 4) is 0 Å². The quantitative estimate of drug-likeness (QED) is 0.760. The molecule has 1 aliphatic heterocycles. The number of nitrogens with one attached hydrogen (secondary N) is 1. The van der Waals surface area contributed by atoms with Crippen molar-refractivity contribution in [1.82, 2.24) is 10.3 Å². The van der Waals surface area contributed by atoms with Crippen LogP contribution in [0.25, 0.3) is 0 Å². The minimum absolute atomic E-state index is 0.600. The van der Waals surface area contributed by atoms with Crippen molar-refractivity contribution in [2.24, 2.45) is 0 Å². The number of rotatable bonds is 2. The van der Waals surface area contributed by atoms with Gasteiger partial charge in [0.2, 0.25) is 0 Å². The molecular weight excluding hydrogens is 188 g/mol. The summed E-state index contributed by atoms with van der Waals surface area (Å²) in [5.41, 5.74) is 1.58. The van der Waals surface area contributed by atoms with E-state index in [2.05, 4.69) is 10.3 Å². The van der Waals surface area contributed by atoms with Crippen molar-refractivity contribution in [2.45, 2.75) is 31.8 Å². The van der Waals surface area contributed by atoms with Crippen LogP contribution in [0.2, 0.25) is 0 Å². The zero-order valence-electron chi connectivity index (χ0n) is 9.16. The molecule has 0 spiro atoms. The lowest BCUT2D eigenvalue weighted by molar-refractivity contribution is 0.0159. The molecule has 2 rings (SSSR count). The smallest absolute Gasteiger partial charge is 0.0827 e. The Kier molecular flexibility index (Phi) is 3.03. The van der Waals surface area contributed by atoms with Crippen molar-refractivity contribution in [2.75, 3.05) is 13.1 Å². The van der Waals surface area contributed by atoms with E-state index in [1.807, 2.05) is 19.1 Å². The molecule has 1 fully saturated rings. The lowest BCUT2D eigenvalue weighted by Crippen LogP contribution is -2.47. The van der Waals surface area contributed by atoms with Crippen LogP contribution < -0.4 is 5.32 Å². The molecule has 1 saturated heterocycles. The lowest BCUT2D eigenvalue weighted by atomic mass is 9.88. The van der Waals surface area contributed by atoms with E-state index < -0.39 is 5.60 Å². The minimum atomic E-state index is -0.600. The maximum atomic E-state index is 10.3. The lowest BCUT2D eigenvalue weighted by Gasteiger charge is -2.32. The number of hydrogen-bond donors (Lipinski definition) is 2. The first-order valence-electron chi connectivity index (χ1n) is 5.53. The molecule has 0 amide bonds. The van der Waals surface area contributed by atoms with Crippen LogP contribution in [-0.2, 0) is 6.42 Å². The average Bonchev–Trinajstić information content (AvgIpc) is 2.22. The Morgan fingerprint density at radius 3 is 3.13 bits per heavy atom. The molecule has 0 saturated carbocycles. The number of pyridine rings is 1. The molecule has 0 bridgehead atoms. The van der Waals surface area contributed by atoms with Crippen molar-refractivity contribution >= 4 is 0 Å². The van der Waals surface area contributed by atoms with E-state index >= 15 is 0 Å². The van der Waals surface area contributed by atoms with Crippen molar-refractivity contribution < 1.29 is 5.11 Å². The van der Waals surface area contributed by atoms with Gasteiger partial charge in [-0.2, -0.15) is 0 Å². The first-order valence-corrected chi connectivity index (χ1v) is 5.53. The van der Waals surface area contributed by atoms with Crippen LogP contribution >= 0.6 is 0 Å². The summed E-state index contributed by atoms with van der Waals surface area (Å²) in [5.74, 6) is 0. The van der Waals surface area contributed by atoms with E-state index in [1.165, 1.54) is 0 Å². The summed E-state index contributed by atoms with van der Waals surface area (Å²) < 4.78 is 0. The number of β-amino-alcohol motifs (C(OH)–C–C–N with tert-alkyl or cyclic N) is 1. The van der Waals surface area contributed by atoms with E-state index in [9.17, 15) is 5.11 Å². The van der Waals surface area contributed by atoms with E-state index in [-0.39, 0.29) is 0 Å². The molecule has 1 atom stereocenters. The third kappa shape index (κ3) is 2.55. The predicted octanol–water partition coefficient (Wildman–Crippen LogP) is 1.05. The largest absolute Gasteiger partial charge is 0.388 e. The number of aromatic nitrogens is 1.